The van der Waals surface area contributed by atoms with Gasteiger partial charge in [0.1, 0.15) is 5.58 Å². The van der Waals surface area contributed by atoms with Crippen molar-refractivity contribution in [1.29, 1.82) is 0 Å². The number of rotatable bonds is 2. The molecule has 0 aliphatic carbocycles. The molecular formula is C23H24N4O. The van der Waals surface area contributed by atoms with E-state index in [-0.39, 0.29) is 0 Å². The maximum Gasteiger partial charge on any atom is 0.176 e. The lowest BCUT2D eigenvalue weighted by Crippen LogP contribution is -2.50. The van der Waals surface area contributed by atoms with Gasteiger partial charge in [0.05, 0.1) is 5.69 Å². The van der Waals surface area contributed by atoms with E-state index >= 15 is 0 Å². The fourth-order valence-electron chi connectivity index (χ4n) is 4.50. The molecule has 4 aromatic rings. The maximum atomic E-state index is 6.34. The molecule has 0 N–H and O–H groups in total. The smallest absolute Gasteiger partial charge is 0.176 e. The van der Waals surface area contributed by atoms with Crippen molar-refractivity contribution in [3.8, 4) is 0 Å². The summed E-state index contributed by atoms with van der Waals surface area (Å²) in [5, 5.41) is 2.28. The van der Waals surface area contributed by atoms with Gasteiger partial charge in [0.15, 0.2) is 17.2 Å². The van der Waals surface area contributed by atoms with Crippen LogP contribution in [-0.2, 0) is 0 Å². The highest BCUT2D eigenvalue weighted by molar-refractivity contribution is 6.10. The van der Waals surface area contributed by atoms with Crippen LogP contribution < -0.4 is 9.80 Å². The Balaban J connectivity index is 1.78. The first kappa shape index (κ1) is 17.0. The van der Waals surface area contributed by atoms with Gasteiger partial charge >= 0.3 is 0 Å². The van der Waals surface area contributed by atoms with Gasteiger partial charge in [-0.15, -0.1) is 0 Å². The summed E-state index contributed by atoms with van der Waals surface area (Å²) in [6, 6.07) is 13.2. The first-order valence-electron chi connectivity index (χ1n) is 9.84. The van der Waals surface area contributed by atoms with Crippen LogP contribution in [0.15, 0.2) is 53.2 Å². The molecule has 0 radical (unpaired) electrons. The summed E-state index contributed by atoms with van der Waals surface area (Å²) in [5.41, 5.74) is 4.10. The molecule has 2 aromatic heterocycles. The van der Waals surface area contributed by atoms with E-state index in [4.69, 9.17) is 14.4 Å². The number of hydrogen-bond donors (Lipinski definition) is 0. The summed E-state index contributed by atoms with van der Waals surface area (Å²) in [6.07, 6.45) is 3.55. The Labute approximate surface area is 164 Å². The number of fused-ring (bicyclic) bond motifs is 4. The van der Waals surface area contributed by atoms with Crippen LogP contribution in [0.4, 0.5) is 17.3 Å². The first-order valence-corrected chi connectivity index (χ1v) is 9.84. The Morgan fingerprint density at radius 2 is 1.75 bits per heavy atom. The third-order valence-electron chi connectivity index (χ3n) is 5.63. The van der Waals surface area contributed by atoms with Gasteiger partial charge in [-0.25, -0.2) is 9.97 Å². The van der Waals surface area contributed by atoms with Gasteiger partial charge in [0.2, 0.25) is 0 Å². The highest BCUT2D eigenvalue weighted by atomic mass is 16.3. The van der Waals surface area contributed by atoms with E-state index < -0.39 is 0 Å². The zero-order valence-corrected chi connectivity index (χ0v) is 16.7. The minimum Gasteiger partial charge on any atom is -0.454 e. The number of para-hydroxylation sites is 1. The number of aromatic nitrogens is 2. The average Bonchev–Trinajstić information content (AvgIpc) is 3.05. The third kappa shape index (κ3) is 2.39. The third-order valence-corrected chi connectivity index (χ3v) is 5.63. The summed E-state index contributed by atoms with van der Waals surface area (Å²) >= 11 is 0. The number of hydrogen-bond acceptors (Lipinski definition) is 5. The van der Waals surface area contributed by atoms with E-state index in [0.717, 1.165) is 45.8 Å². The largest absolute Gasteiger partial charge is 0.454 e. The predicted octanol–water partition coefficient (Wildman–Crippen LogP) is 5.44. The summed E-state index contributed by atoms with van der Waals surface area (Å²) in [7, 11) is 0. The SMILES string of the molecule is Cc1ccc2c(oc3ccccc32)c1N1C[C@H](C)N(C(C)C)c2nccnc21. The Hall–Kier alpha value is -3.08. The van der Waals surface area contributed by atoms with Crippen molar-refractivity contribution in [3.63, 3.8) is 0 Å². The van der Waals surface area contributed by atoms with E-state index in [1.54, 1.807) is 12.4 Å². The number of anilines is 3. The van der Waals surface area contributed by atoms with Gasteiger partial charge in [-0.3, -0.25) is 0 Å². The highest BCUT2D eigenvalue weighted by Crippen LogP contribution is 2.43. The van der Waals surface area contributed by atoms with Crippen LogP contribution in [0.25, 0.3) is 21.9 Å². The zero-order valence-electron chi connectivity index (χ0n) is 16.7. The van der Waals surface area contributed by atoms with Gasteiger partial charge in [-0.05, 0) is 39.3 Å². The van der Waals surface area contributed by atoms with Crippen LogP contribution >= 0.6 is 0 Å². The normalized spacial score (nSPS) is 17.0. The monoisotopic (exact) mass is 372 g/mol. The molecule has 5 rings (SSSR count). The second kappa shape index (κ2) is 6.23. The molecule has 1 aliphatic heterocycles. The molecule has 142 valence electrons. The van der Waals surface area contributed by atoms with Crippen LogP contribution in [0.2, 0.25) is 0 Å². The summed E-state index contributed by atoms with van der Waals surface area (Å²) in [4.78, 5) is 14.1. The fraction of sp³-hybridized carbons (Fsp3) is 0.304. The van der Waals surface area contributed by atoms with Crippen LogP contribution in [0.3, 0.4) is 0 Å². The molecule has 28 heavy (non-hydrogen) atoms. The molecular weight excluding hydrogens is 348 g/mol. The average molecular weight is 372 g/mol. The zero-order chi connectivity index (χ0) is 19.4. The van der Waals surface area contributed by atoms with E-state index in [0.29, 0.717) is 12.1 Å². The molecule has 3 heterocycles. The van der Waals surface area contributed by atoms with Crippen molar-refractivity contribution < 1.29 is 4.42 Å². The van der Waals surface area contributed by atoms with Crippen LogP contribution in [0, 0.1) is 6.92 Å². The molecule has 0 fully saturated rings. The van der Waals surface area contributed by atoms with E-state index in [1.165, 1.54) is 5.56 Å². The molecule has 1 atom stereocenters. The fourth-order valence-corrected chi connectivity index (χ4v) is 4.50. The predicted molar refractivity (Wildman–Crippen MR) is 115 cm³/mol. The molecule has 1 aliphatic rings. The second-order valence-corrected chi connectivity index (χ2v) is 7.87. The molecule has 5 nitrogen and oxygen atoms in total. The lowest BCUT2D eigenvalue weighted by atomic mass is 10.0. The summed E-state index contributed by atoms with van der Waals surface area (Å²) in [6.45, 7) is 9.63. The van der Waals surface area contributed by atoms with E-state index in [1.807, 2.05) is 12.1 Å². The van der Waals surface area contributed by atoms with Crippen molar-refractivity contribution in [2.24, 2.45) is 0 Å². The topological polar surface area (TPSA) is 45.4 Å². The second-order valence-electron chi connectivity index (χ2n) is 7.87. The molecule has 2 aromatic carbocycles. The van der Waals surface area contributed by atoms with Crippen molar-refractivity contribution in [1.82, 2.24) is 9.97 Å². The molecule has 0 saturated carbocycles. The Kier molecular flexibility index (Phi) is 3.79. The van der Waals surface area contributed by atoms with Gasteiger partial charge in [-0.1, -0.05) is 30.3 Å². The number of benzene rings is 2. The Morgan fingerprint density at radius 3 is 2.54 bits per heavy atom. The van der Waals surface area contributed by atoms with Crippen LogP contribution in [0.1, 0.15) is 26.3 Å². The van der Waals surface area contributed by atoms with Crippen LogP contribution in [0.5, 0.6) is 0 Å². The first-order chi connectivity index (χ1) is 13.6. The standard InChI is InChI=1S/C23H24N4O/c1-14(2)27-16(4)13-26(22-23(27)25-12-11-24-22)20-15(3)9-10-18-17-7-5-6-8-19(17)28-21(18)20/h5-12,14,16H,13H2,1-4H3/t16-/m0/s1. The molecule has 0 unspecified atom stereocenters. The quantitative estimate of drug-likeness (QED) is 0.469. The lowest BCUT2D eigenvalue weighted by molar-refractivity contribution is 0.548. The van der Waals surface area contributed by atoms with Crippen molar-refractivity contribution in [2.45, 2.75) is 39.8 Å². The van der Waals surface area contributed by atoms with E-state index in [2.05, 4.69) is 61.8 Å². The number of furan rings is 1. The molecule has 0 amide bonds. The van der Waals surface area contributed by atoms with Crippen molar-refractivity contribution >= 4 is 39.3 Å². The van der Waals surface area contributed by atoms with Gasteiger partial charge in [0, 0.05) is 41.8 Å². The van der Waals surface area contributed by atoms with Gasteiger partial charge in [-0.2, -0.15) is 0 Å². The summed E-state index contributed by atoms with van der Waals surface area (Å²) < 4.78 is 6.34. The van der Waals surface area contributed by atoms with Crippen molar-refractivity contribution in [2.75, 3.05) is 16.3 Å². The minimum absolute atomic E-state index is 0.309. The maximum absolute atomic E-state index is 6.34. The van der Waals surface area contributed by atoms with Crippen LogP contribution in [-0.4, -0.2) is 28.6 Å². The van der Waals surface area contributed by atoms with E-state index in [9.17, 15) is 0 Å². The molecule has 0 spiro atoms. The molecule has 0 saturated heterocycles. The summed E-state index contributed by atoms with van der Waals surface area (Å²) in [5.74, 6) is 1.83. The molecule has 5 heteroatoms. The van der Waals surface area contributed by atoms with Gasteiger partial charge < -0.3 is 14.2 Å². The minimum atomic E-state index is 0.309. The Morgan fingerprint density at radius 1 is 1.00 bits per heavy atom. The number of nitrogens with zero attached hydrogens (tertiary/aromatic N) is 4. The molecule has 0 bridgehead atoms. The lowest BCUT2D eigenvalue weighted by Gasteiger charge is -2.43. The number of aryl methyl sites for hydroxylation is 1. The van der Waals surface area contributed by atoms with Gasteiger partial charge in [0.25, 0.3) is 0 Å². The van der Waals surface area contributed by atoms with Crippen molar-refractivity contribution in [3.05, 3.63) is 54.4 Å². The Bertz CT molecular complexity index is 1180. The highest BCUT2D eigenvalue weighted by Gasteiger charge is 2.34.